The third kappa shape index (κ3) is 2.40. The second-order valence-electron chi connectivity index (χ2n) is 5.05. The van der Waals surface area contributed by atoms with Gasteiger partial charge in [0.2, 0.25) is 0 Å². The van der Waals surface area contributed by atoms with E-state index < -0.39 is 0 Å². The van der Waals surface area contributed by atoms with Gasteiger partial charge in [0.05, 0.1) is 16.7 Å². The van der Waals surface area contributed by atoms with Crippen molar-refractivity contribution in [3.63, 3.8) is 0 Å². The molecule has 0 spiro atoms. The van der Waals surface area contributed by atoms with Gasteiger partial charge in [-0.2, -0.15) is 0 Å². The Bertz CT molecular complexity index is 889. The molecule has 3 aromatic heterocycles. The zero-order valence-corrected chi connectivity index (χ0v) is 12.4. The lowest BCUT2D eigenvalue weighted by molar-refractivity contribution is 1.07. The normalized spacial score (nSPS) is 11.5. The minimum absolute atomic E-state index is 0.806. The molecule has 0 bridgehead atoms. The fourth-order valence-electron chi connectivity index (χ4n) is 2.37. The second kappa shape index (κ2) is 4.93. The number of aromatic nitrogens is 4. The van der Waals surface area contributed by atoms with Crippen molar-refractivity contribution in [2.75, 3.05) is 0 Å². The number of imidazole rings is 2. The number of rotatable bonds is 3. The van der Waals surface area contributed by atoms with Crippen molar-refractivity contribution in [3.8, 4) is 0 Å². The molecule has 0 fully saturated rings. The van der Waals surface area contributed by atoms with Crippen molar-refractivity contribution in [1.29, 1.82) is 0 Å². The number of thioether (sulfide) groups is 1. The van der Waals surface area contributed by atoms with Gasteiger partial charge < -0.3 is 9.38 Å². The number of hydrogen-bond acceptors (Lipinski definition) is 3. The summed E-state index contributed by atoms with van der Waals surface area (Å²) in [5.41, 5.74) is 5.38. The van der Waals surface area contributed by atoms with E-state index in [1.54, 1.807) is 11.8 Å². The number of pyridine rings is 1. The van der Waals surface area contributed by atoms with Gasteiger partial charge in [-0.15, -0.1) is 0 Å². The standard InChI is InChI=1S/C16H14N4S/c1-11-5-6-13-14(8-11)19-16(18-13)21-10-12-9-20-7-3-2-4-15(20)17-12/h2-9H,10H2,1H3,(H,18,19). The number of nitrogens with one attached hydrogen (secondary N) is 1. The molecule has 0 aliphatic carbocycles. The first-order valence-corrected chi connectivity index (χ1v) is 7.78. The second-order valence-corrected chi connectivity index (χ2v) is 6.01. The molecular weight excluding hydrogens is 280 g/mol. The van der Waals surface area contributed by atoms with Crippen LogP contribution in [0.3, 0.4) is 0 Å². The Morgan fingerprint density at radius 2 is 2.14 bits per heavy atom. The predicted molar refractivity (Wildman–Crippen MR) is 85.6 cm³/mol. The number of hydrogen-bond donors (Lipinski definition) is 1. The maximum absolute atomic E-state index is 4.60. The predicted octanol–water partition coefficient (Wildman–Crippen LogP) is 3.81. The van der Waals surface area contributed by atoms with Gasteiger partial charge >= 0.3 is 0 Å². The van der Waals surface area contributed by atoms with Gasteiger partial charge in [0.15, 0.2) is 5.16 Å². The highest BCUT2D eigenvalue weighted by atomic mass is 32.2. The summed E-state index contributed by atoms with van der Waals surface area (Å²) in [7, 11) is 0. The van der Waals surface area contributed by atoms with Gasteiger partial charge in [0.25, 0.3) is 0 Å². The van der Waals surface area contributed by atoms with E-state index in [1.807, 2.05) is 28.8 Å². The maximum Gasteiger partial charge on any atom is 0.166 e. The van der Waals surface area contributed by atoms with Crippen LogP contribution >= 0.6 is 11.8 Å². The first kappa shape index (κ1) is 12.5. The van der Waals surface area contributed by atoms with E-state index >= 15 is 0 Å². The molecule has 0 radical (unpaired) electrons. The first-order valence-electron chi connectivity index (χ1n) is 6.80. The van der Waals surface area contributed by atoms with Gasteiger partial charge in [0, 0.05) is 18.1 Å². The molecule has 4 nitrogen and oxygen atoms in total. The molecular formula is C16H14N4S. The molecule has 0 aliphatic heterocycles. The average molecular weight is 294 g/mol. The molecule has 0 saturated heterocycles. The molecule has 3 heterocycles. The first-order chi connectivity index (χ1) is 10.3. The van der Waals surface area contributed by atoms with Crippen LogP contribution in [0.1, 0.15) is 11.3 Å². The zero-order valence-electron chi connectivity index (χ0n) is 11.6. The van der Waals surface area contributed by atoms with Gasteiger partial charge in [-0.25, -0.2) is 9.97 Å². The van der Waals surface area contributed by atoms with Crippen LogP contribution in [-0.4, -0.2) is 19.4 Å². The maximum atomic E-state index is 4.60. The van der Waals surface area contributed by atoms with Gasteiger partial charge in [-0.1, -0.05) is 23.9 Å². The Labute approximate surface area is 126 Å². The molecule has 4 aromatic rings. The van der Waals surface area contributed by atoms with Crippen molar-refractivity contribution < 1.29 is 0 Å². The third-order valence-corrected chi connectivity index (χ3v) is 4.29. The number of aryl methyl sites for hydroxylation is 1. The Hall–Kier alpha value is -2.27. The van der Waals surface area contributed by atoms with Crippen molar-refractivity contribution in [2.24, 2.45) is 0 Å². The molecule has 1 N–H and O–H groups in total. The quantitative estimate of drug-likeness (QED) is 0.584. The Balaban J connectivity index is 1.57. The van der Waals surface area contributed by atoms with Crippen molar-refractivity contribution in [1.82, 2.24) is 19.4 Å². The average Bonchev–Trinajstić information content (AvgIpc) is 3.07. The summed E-state index contributed by atoms with van der Waals surface area (Å²) in [6.07, 6.45) is 4.08. The topological polar surface area (TPSA) is 46.0 Å². The van der Waals surface area contributed by atoms with Crippen LogP contribution in [0.4, 0.5) is 0 Å². The van der Waals surface area contributed by atoms with Gasteiger partial charge in [0.1, 0.15) is 5.65 Å². The fourth-order valence-corrected chi connectivity index (χ4v) is 3.14. The summed E-state index contributed by atoms with van der Waals surface area (Å²) in [6.45, 7) is 2.09. The van der Waals surface area contributed by atoms with E-state index in [2.05, 4.69) is 46.3 Å². The lowest BCUT2D eigenvalue weighted by Gasteiger charge is -1.92. The summed E-state index contributed by atoms with van der Waals surface area (Å²) in [5.74, 6) is 0.806. The summed E-state index contributed by atoms with van der Waals surface area (Å²) in [4.78, 5) is 12.5. The molecule has 0 saturated carbocycles. The van der Waals surface area contributed by atoms with Crippen LogP contribution < -0.4 is 0 Å². The lowest BCUT2D eigenvalue weighted by Crippen LogP contribution is -1.81. The van der Waals surface area contributed by atoms with E-state index in [-0.39, 0.29) is 0 Å². The van der Waals surface area contributed by atoms with Crippen molar-refractivity contribution in [2.45, 2.75) is 17.8 Å². The van der Waals surface area contributed by atoms with Crippen LogP contribution in [-0.2, 0) is 5.75 Å². The minimum atomic E-state index is 0.806. The molecule has 0 aliphatic rings. The number of H-pyrrole nitrogens is 1. The van der Waals surface area contributed by atoms with E-state index in [1.165, 1.54) is 5.56 Å². The number of benzene rings is 1. The summed E-state index contributed by atoms with van der Waals surface area (Å²) in [6, 6.07) is 12.3. The molecule has 0 atom stereocenters. The SMILES string of the molecule is Cc1ccc2nc(SCc3cn4ccccc4n3)[nH]c2c1. The highest BCUT2D eigenvalue weighted by Gasteiger charge is 2.06. The van der Waals surface area contributed by atoms with E-state index in [0.29, 0.717) is 0 Å². The summed E-state index contributed by atoms with van der Waals surface area (Å²) < 4.78 is 2.04. The summed E-state index contributed by atoms with van der Waals surface area (Å²) >= 11 is 1.68. The van der Waals surface area contributed by atoms with Crippen LogP contribution in [0.25, 0.3) is 16.7 Å². The van der Waals surface area contributed by atoms with Crippen molar-refractivity contribution >= 4 is 28.4 Å². The lowest BCUT2D eigenvalue weighted by atomic mass is 10.2. The molecule has 5 heteroatoms. The monoisotopic (exact) mass is 294 g/mol. The van der Waals surface area contributed by atoms with E-state index in [4.69, 9.17) is 0 Å². The smallest absolute Gasteiger partial charge is 0.166 e. The van der Waals surface area contributed by atoms with Crippen LogP contribution in [0, 0.1) is 6.92 Å². The summed E-state index contributed by atoms with van der Waals surface area (Å²) in [5, 5.41) is 0.938. The molecule has 4 rings (SSSR count). The third-order valence-electron chi connectivity index (χ3n) is 3.39. The highest BCUT2D eigenvalue weighted by Crippen LogP contribution is 2.23. The Morgan fingerprint density at radius 3 is 3.05 bits per heavy atom. The number of fused-ring (bicyclic) bond motifs is 2. The Kier molecular flexibility index (Phi) is 2.93. The number of nitrogens with zero attached hydrogens (tertiary/aromatic N) is 3. The van der Waals surface area contributed by atoms with Crippen LogP contribution in [0.2, 0.25) is 0 Å². The van der Waals surface area contributed by atoms with E-state index in [9.17, 15) is 0 Å². The van der Waals surface area contributed by atoms with Crippen LogP contribution in [0.5, 0.6) is 0 Å². The molecule has 0 amide bonds. The molecule has 0 unspecified atom stereocenters. The van der Waals surface area contributed by atoms with Gasteiger partial charge in [-0.3, -0.25) is 0 Å². The fraction of sp³-hybridized carbons (Fsp3) is 0.125. The largest absolute Gasteiger partial charge is 0.333 e. The zero-order chi connectivity index (χ0) is 14.2. The minimum Gasteiger partial charge on any atom is -0.333 e. The van der Waals surface area contributed by atoms with E-state index in [0.717, 1.165) is 33.3 Å². The number of aromatic amines is 1. The van der Waals surface area contributed by atoms with Gasteiger partial charge in [-0.05, 0) is 36.8 Å². The highest BCUT2D eigenvalue weighted by molar-refractivity contribution is 7.98. The Morgan fingerprint density at radius 1 is 1.19 bits per heavy atom. The van der Waals surface area contributed by atoms with Crippen LogP contribution in [0.15, 0.2) is 53.9 Å². The molecule has 104 valence electrons. The molecule has 21 heavy (non-hydrogen) atoms. The molecule has 1 aromatic carbocycles. The van der Waals surface area contributed by atoms with Crippen molar-refractivity contribution in [3.05, 3.63) is 60.0 Å².